The fourth-order valence-corrected chi connectivity index (χ4v) is 1.77. The van der Waals surface area contributed by atoms with Gasteiger partial charge in [-0.1, -0.05) is 31.5 Å². The second-order valence-electron chi connectivity index (χ2n) is 3.52. The minimum atomic E-state index is -0.153. The summed E-state index contributed by atoms with van der Waals surface area (Å²) < 4.78 is 13.4. The Morgan fingerprint density at radius 3 is 2.57 bits per heavy atom. The van der Waals surface area contributed by atoms with Gasteiger partial charge in [-0.3, -0.25) is 0 Å². The van der Waals surface area contributed by atoms with E-state index in [1.54, 1.807) is 6.07 Å². The van der Waals surface area contributed by atoms with Crippen LogP contribution in [0.5, 0.6) is 0 Å². The van der Waals surface area contributed by atoms with Crippen LogP contribution in [-0.2, 0) is 0 Å². The topological polar surface area (TPSA) is 20.2 Å². The third-order valence-corrected chi connectivity index (χ3v) is 2.46. The lowest BCUT2D eigenvalue weighted by Crippen LogP contribution is -2.03. The quantitative estimate of drug-likeness (QED) is 0.767. The molecule has 1 rings (SSSR count). The van der Waals surface area contributed by atoms with E-state index in [9.17, 15) is 4.39 Å². The Bertz CT molecular complexity index is 267. The molecule has 0 bridgehead atoms. The van der Waals surface area contributed by atoms with E-state index >= 15 is 0 Å². The molecule has 0 radical (unpaired) electrons. The maximum absolute atomic E-state index is 13.4. The number of benzene rings is 1. The molecule has 1 unspecified atom stereocenters. The van der Waals surface area contributed by atoms with Crippen molar-refractivity contribution in [3.8, 4) is 0 Å². The Labute approximate surface area is 84.6 Å². The zero-order valence-corrected chi connectivity index (χ0v) is 8.54. The first-order valence-corrected chi connectivity index (χ1v) is 5.14. The zero-order chi connectivity index (χ0) is 10.4. The summed E-state index contributed by atoms with van der Waals surface area (Å²) in [5.74, 6) is 0.00519. The van der Waals surface area contributed by atoms with Gasteiger partial charge in [0.15, 0.2) is 0 Å². The normalized spacial score (nSPS) is 12.8. The predicted molar refractivity (Wildman–Crippen MR) is 55.8 cm³/mol. The Morgan fingerprint density at radius 1 is 1.29 bits per heavy atom. The molecule has 0 aliphatic heterocycles. The monoisotopic (exact) mass is 196 g/mol. The van der Waals surface area contributed by atoms with E-state index in [2.05, 4.69) is 6.92 Å². The highest BCUT2D eigenvalue weighted by Crippen LogP contribution is 2.26. The Hall–Kier alpha value is -0.890. The molecule has 1 nitrogen and oxygen atoms in total. The van der Waals surface area contributed by atoms with Gasteiger partial charge in [0.05, 0.1) is 0 Å². The highest BCUT2D eigenvalue weighted by Gasteiger charge is 2.13. The zero-order valence-electron chi connectivity index (χ0n) is 8.54. The van der Waals surface area contributed by atoms with Crippen LogP contribution in [-0.4, -0.2) is 11.7 Å². The van der Waals surface area contributed by atoms with E-state index in [1.165, 1.54) is 6.07 Å². The Kier molecular flexibility index (Phi) is 4.60. The van der Waals surface area contributed by atoms with Crippen molar-refractivity contribution in [3.05, 3.63) is 35.6 Å². The van der Waals surface area contributed by atoms with E-state index in [0.717, 1.165) is 18.4 Å². The number of halogens is 1. The molecule has 0 fully saturated rings. The van der Waals surface area contributed by atoms with Crippen LogP contribution in [0.25, 0.3) is 0 Å². The van der Waals surface area contributed by atoms with Crippen LogP contribution >= 0.6 is 0 Å². The summed E-state index contributed by atoms with van der Waals surface area (Å²) in [5.41, 5.74) is 0.739. The number of hydrogen-bond donors (Lipinski definition) is 1. The summed E-state index contributed by atoms with van der Waals surface area (Å²) in [6, 6.07) is 6.83. The van der Waals surface area contributed by atoms with Crippen molar-refractivity contribution < 1.29 is 9.50 Å². The lowest BCUT2D eigenvalue weighted by Gasteiger charge is -2.15. The Balaban J connectivity index is 2.81. The second kappa shape index (κ2) is 5.76. The molecular weight excluding hydrogens is 179 g/mol. The smallest absolute Gasteiger partial charge is 0.126 e. The highest BCUT2D eigenvalue weighted by molar-refractivity contribution is 5.21. The van der Waals surface area contributed by atoms with Gasteiger partial charge < -0.3 is 5.11 Å². The fourth-order valence-electron chi connectivity index (χ4n) is 1.77. The first-order valence-electron chi connectivity index (χ1n) is 5.14. The summed E-state index contributed by atoms with van der Waals surface area (Å²) in [6.45, 7) is 2.20. The third kappa shape index (κ3) is 2.81. The lowest BCUT2D eigenvalue weighted by atomic mass is 9.91. The molecule has 14 heavy (non-hydrogen) atoms. The van der Waals surface area contributed by atoms with Crippen molar-refractivity contribution in [2.24, 2.45) is 0 Å². The van der Waals surface area contributed by atoms with E-state index in [0.29, 0.717) is 6.42 Å². The first-order chi connectivity index (χ1) is 6.79. The summed E-state index contributed by atoms with van der Waals surface area (Å²) >= 11 is 0. The van der Waals surface area contributed by atoms with Crippen molar-refractivity contribution in [2.75, 3.05) is 6.61 Å². The minimum Gasteiger partial charge on any atom is -0.396 e. The second-order valence-corrected chi connectivity index (χ2v) is 3.52. The van der Waals surface area contributed by atoms with Crippen LogP contribution in [0, 0.1) is 5.82 Å². The standard InChI is InChI=1S/C12H17FO/c1-2-5-10(8-9-14)11-6-3-4-7-12(11)13/h3-4,6-7,10,14H,2,5,8-9H2,1H3. The van der Waals surface area contributed by atoms with Gasteiger partial charge in [-0.15, -0.1) is 0 Å². The van der Waals surface area contributed by atoms with E-state index in [4.69, 9.17) is 5.11 Å². The van der Waals surface area contributed by atoms with E-state index < -0.39 is 0 Å². The molecule has 1 aromatic carbocycles. The molecule has 0 aliphatic rings. The van der Waals surface area contributed by atoms with Crippen molar-refractivity contribution in [2.45, 2.75) is 32.1 Å². The minimum absolute atomic E-state index is 0.124. The van der Waals surface area contributed by atoms with Gasteiger partial charge in [0.2, 0.25) is 0 Å². The molecule has 0 spiro atoms. The van der Waals surface area contributed by atoms with Gasteiger partial charge >= 0.3 is 0 Å². The van der Waals surface area contributed by atoms with Gasteiger partial charge in [-0.05, 0) is 30.4 Å². The number of aliphatic hydroxyl groups excluding tert-OH is 1. The highest BCUT2D eigenvalue weighted by atomic mass is 19.1. The van der Waals surface area contributed by atoms with Crippen molar-refractivity contribution in [3.63, 3.8) is 0 Å². The van der Waals surface area contributed by atoms with Crippen LogP contribution in [0.15, 0.2) is 24.3 Å². The van der Waals surface area contributed by atoms with Crippen LogP contribution in [0.1, 0.15) is 37.7 Å². The Morgan fingerprint density at radius 2 is 2.00 bits per heavy atom. The average Bonchev–Trinajstić information content (AvgIpc) is 2.18. The van der Waals surface area contributed by atoms with Gasteiger partial charge in [0, 0.05) is 6.61 Å². The third-order valence-electron chi connectivity index (χ3n) is 2.46. The number of rotatable bonds is 5. The maximum atomic E-state index is 13.4. The largest absolute Gasteiger partial charge is 0.396 e. The summed E-state index contributed by atoms with van der Waals surface area (Å²) in [6.07, 6.45) is 2.59. The molecule has 0 saturated heterocycles. The van der Waals surface area contributed by atoms with Gasteiger partial charge in [-0.2, -0.15) is 0 Å². The number of aliphatic hydroxyl groups is 1. The molecule has 78 valence electrons. The molecule has 1 atom stereocenters. The van der Waals surface area contributed by atoms with Crippen molar-refractivity contribution >= 4 is 0 Å². The van der Waals surface area contributed by atoms with E-state index in [-0.39, 0.29) is 18.3 Å². The molecule has 0 aromatic heterocycles. The molecule has 0 saturated carbocycles. The average molecular weight is 196 g/mol. The molecule has 1 N–H and O–H groups in total. The van der Waals surface area contributed by atoms with Gasteiger partial charge in [-0.25, -0.2) is 4.39 Å². The van der Waals surface area contributed by atoms with E-state index in [1.807, 2.05) is 12.1 Å². The molecule has 0 amide bonds. The van der Waals surface area contributed by atoms with Crippen LogP contribution < -0.4 is 0 Å². The maximum Gasteiger partial charge on any atom is 0.126 e. The van der Waals surface area contributed by atoms with Crippen molar-refractivity contribution in [1.82, 2.24) is 0 Å². The van der Waals surface area contributed by atoms with Crippen LogP contribution in [0.4, 0.5) is 4.39 Å². The van der Waals surface area contributed by atoms with Gasteiger partial charge in [0.25, 0.3) is 0 Å². The van der Waals surface area contributed by atoms with Crippen LogP contribution in [0.2, 0.25) is 0 Å². The fraction of sp³-hybridized carbons (Fsp3) is 0.500. The summed E-state index contributed by atoms with van der Waals surface area (Å²) in [4.78, 5) is 0. The summed E-state index contributed by atoms with van der Waals surface area (Å²) in [7, 11) is 0. The summed E-state index contributed by atoms with van der Waals surface area (Å²) in [5, 5.41) is 8.89. The molecule has 0 aliphatic carbocycles. The molecular formula is C12H17FO. The molecule has 1 aromatic rings. The van der Waals surface area contributed by atoms with Gasteiger partial charge in [0.1, 0.15) is 5.82 Å². The van der Waals surface area contributed by atoms with Crippen LogP contribution in [0.3, 0.4) is 0 Å². The SMILES string of the molecule is CCCC(CCO)c1ccccc1F. The molecule has 0 heterocycles. The number of hydrogen-bond acceptors (Lipinski definition) is 1. The molecule has 2 heteroatoms. The lowest BCUT2D eigenvalue weighted by molar-refractivity contribution is 0.271. The predicted octanol–water partition coefficient (Wildman–Crippen LogP) is 3.09. The first kappa shape index (κ1) is 11.2. The van der Waals surface area contributed by atoms with Crippen molar-refractivity contribution in [1.29, 1.82) is 0 Å².